The molecule has 0 saturated heterocycles. The van der Waals surface area contributed by atoms with Crippen molar-refractivity contribution in [2.45, 2.75) is 19.5 Å². The summed E-state index contributed by atoms with van der Waals surface area (Å²) < 4.78 is 15.4. The Bertz CT molecular complexity index is 1450. The molecule has 5 rings (SSSR count). The van der Waals surface area contributed by atoms with E-state index in [1.165, 1.54) is 20.0 Å². The zero-order valence-corrected chi connectivity index (χ0v) is 18.0. The Kier molecular flexibility index (Phi) is 4.97. The van der Waals surface area contributed by atoms with Crippen LogP contribution in [0.15, 0.2) is 61.4 Å². The number of aromatic amines is 1. The molecule has 1 amide bonds. The largest absolute Gasteiger partial charge is 0.349 e. The Hall–Kier alpha value is -4.34. The maximum Gasteiger partial charge on any atom is 0.255 e. The quantitative estimate of drug-likeness (QED) is 0.366. The summed E-state index contributed by atoms with van der Waals surface area (Å²) in [4.78, 5) is 28.7. The van der Waals surface area contributed by atoms with Gasteiger partial charge < -0.3 is 15.6 Å². The third-order valence-electron chi connectivity index (χ3n) is 5.12. The van der Waals surface area contributed by atoms with Crippen LogP contribution in [0, 0.1) is 0 Å². The monoisotopic (exact) mass is 444 g/mol. The van der Waals surface area contributed by atoms with Gasteiger partial charge in [-0.2, -0.15) is 10.1 Å². The molecule has 5 aromatic heterocycles. The van der Waals surface area contributed by atoms with Crippen LogP contribution >= 0.6 is 0 Å². The predicted octanol–water partition coefficient (Wildman–Crippen LogP) is 3.89. The lowest BCUT2D eigenvalue weighted by atomic mass is 10.1. The summed E-state index contributed by atoms with van der Waals surface area (Å²) in [7, 11) is 0. The summed E-state index contributed by atoms with van der Waals surface area (Å²) in [6, 6.07) is 7.43. The molecule has 0 aromatic carbocycles. The fourth-order valence-electron chi connectivity index (χ4n) is 3.48. The molecular weight excluding hydrogens is 423 g/mol. The zero-order chi connectivity index (χ0) is 23.0. The predicted molar refractivity (Wildman–Crippen MR) is 123 cm³/mol. The van der Waals surface area contributed by atoms with Gasteiger partial charge in [-0.1, -0.05) is 0 Å². The fraction of sp³-hybridized carbons (Fsp3) is 0.174. The van der Waals surface area contributed by atoms with E-state index in [0.29, 0.717) is 22.7 Å². The molecule has 5 aromatic rings. The summed E-state index contributed by atoms with van der Waals surface area (Å²) in [5.74, 6) is 0.0880. The van der Waals surface area contributed by atoms with Crippen molar-refractivity contribution in [1.29, 1.82) is 0 Å². The van der Waals surface area contributed by atoms with Gasteiger partial charge in [-0.15, -0.1) is 0 Å². The van der Waals surface area contributed by atoms with E-state index >= 15 is 0 Å². The number of alkyl halides is 1. The third kappa shape index (κ3) is 4.22. The second-order valence-corrected chi connectivity index (χ2v) is 8.22. The minimum absolute atomic E-state index is 0.0848. The molecular formula is C23H21FN8O. The lowest BCUT2D eigenvalue weighted by Crippen LogP contribution is -2.35. The number of fused-ring (bicyclic) bond motifs is 2. The molecule has 166 valence electrons. The second kappa shape index (κ2) is 7.97. The Labute approximate surface area is 188 Å². The van der Waals surface area contributed by atoms with Crippen LogP contribution in [-0.4, -0.2) is 47.7 Å². The van der Waals surface area contributed by atoms with Gasteiger partial charge in [-0.25, -0.2) is 13.9 Å². The minimum Gasteiger partial charge on any atom is -0.349 e. The maximum absolute atomic E-state index is 13.8. The van der Waals surface area contributed by atoms with Gasteiger partial charge in [0.15, 0.2) is 0 Å². The van der Waals surface area contributed by atoms with Crippen molar-refractivity contribution in [1.82, 2.24) is 34.9 Å². The number of H-pyrrole nitrogens is 1. The van der Waals surface area contributed by atoms with E-state index in [2.05, 4.69) is 35.7 Å². The van der Waals surface area contributed by atoms with Crippen LogP contribution in [0.3, 0.4) is 0 Å². The van der Waals surface area contributed by atoms with Crippen LogP contribution in [0.25, 0.3) is 27.7 Å². The number of anilines is 2. The lowest BCUT2D eigenvalue weighted by molar-refractivity contribution is 0.0922. The molecule has 10 heteroatoms. The highest BCUT2D eigenvalue weighted by atomic mass is 19.1. The molecule has 0 saturated carbocycles. The first-order chi connectivity index (χ1) is 15.9. The average molecular weight is 444 g/mol. The highest BCUT2D eigenvalue weighted by Crippen LogP contribution is 2.29. The summed E-state index contributed by atoms with van der Waals surface area (Å²) in [6.45, 7) is 2.75. The van der Waals surface area contributed by atoms with E-state index in [1.54, 1.807) is 29.3 Å². The number of hydrogen-bond donors (Lipinski definition) is 3. The van der Waals surface area contributed by atoms with E-state index in [9.17, 15) is 9.18 Å². The van der Waals surface area contributed by atoms with Crippen LogP contribution in [0.2, 0.25) is 0 Å². The Morgan fingerprint density at radius 3 is 2.82 bits per heavy atom. The van der Waals surface area contributed by atoms with Gasteiger partial charge in [0, 0.05) is 47.6 Å². The first kappa shape index (κ1) is 20.6. The van der Waals surface area contributed by atoms with Crippen LogP contribution in [0.1, 0.15) is 24.2 Å². The molecule has 0 bridgehead atoms. The minimum atomic E-state index is -1.50. The number of carbonyl (C=O) groups excluding carboxylic acids is 1. The number of aromatic nitrogens is 6. The smallest absolute Gasteiger partial charge is 0.255 e. The summed E-state index contributed by atoms with van der Waals surface area (Å²) >= 11 is 0. The topological polar surface area (TPSA) is 113 Å². The van der Waals surface area contributed by atoms with E-state index < -0.39 is 5.67 Å². The zero-order valence-electron chi connectivity index (χ0n) is 18.0. The van der Waals surface area contributed by atoms with Crippen molar-refractivity contribution in [3.63, 3.8) is 0 Å². The molecule has 0 radical (unpaired) electrons. The lowest BCUT2D eigenvalue weighted by Gasteiger charge is -2.14. The number of halogens is 1. The first-order valence-electron chi connectivity index (χ1n) is 10.3. The summed E-state index contributed by atoms with van der Waals surface area (Å²) in [5, 5.41) is 10.8. The van der Waals surface area contributed by atoms with Gasteiger partial charge in [0.25, 0.3) is 5.91 Å². The Balaban J connectivity index is 1.46. The van der Waals surface area contributed by atoms with Crippen LogP contribution in [0.5, 0.6) is 0 Å². The molecule has 5 heterocycles. The standard InChI is InChI=1S/C23H21FN8O/c1-23(2,24)13-28-21(33)18-12-29-32-8-5-14(9-19(18)32)16-10-26-20-17(16)11-27-22(31-20)30-15-3-6-25-7-4-15/h3-12H,13H2,1-2H3,(H,28,33)(H2,25,26,27,30,31). The summed E-state index contributed by atoms with van der Waals surface area (Å²) in [6.07, 6.45) is 10.2. The van der Waals surface area contributed by atoms with Crippen molar-refractivity contribution in [2.24, 2.45) is 0 Å². The highest BCUT2D eigenvalue weighted by Gasteiger charge is 2.20. The number of hydrogen-bond acceptors (Lipinski definition) is 6. The molecule has 9 nitrogen and oxygen atoms in total. The maximum atomic E-state index is 13.8. The highest BCUT2D eigenvalue weighted by molar-refractivity contribution is 6.02. The molecule has 33 heavy (non-hydrogen) atoms. The van der Waals surface area contributed by atoms with Crippen molar-refractivity contribution in [3.05, 3.63) is 67.0 Å². The Morgan fingerprint density at radius 1 is 1.21 bits per heavy atom. The normalized spacial score (nSPS) is 11.7. The SMILES string of the molecule is CC(C)(F)CNC(=O)c1cnn2ccc(-c3c[nH]c4nc(Nc5ccncc5)ncc34)cc12. The van der Waals surface area contributed by atoms with Crippen LogP contribution < -0.4 is 10.6 Å². The van der Waals surface area contributed by atoms with E-state index in [1.807, 2.05) is 30.5 Å². The van der Waals surface area contributed by atoms with Gasteiger partial charge in [0.1, 0.15) is 11.3 Å². The van der Waals surface area contributed by atoms with E-state index in [-0.39, 0.29) is 12.5 Å². The first-order valence-corrected chi connectivity index (χ1v) is 10.3. The van der Waals surface area contributed by atoms with Crippen LogP contribution in [0.4, 0.5) is 16.0 Å². The summed E-state index contributed by atoms with van der Waals surface area (Å²) in [5.41, 5.74) is 2.76. The molecule has 3 N–H and O–H groups in total. The fourth-order valence-corrected chi connectivity index (χ4v) is 3.48. The van der Waals surface area contributed by atoms with Gasteiger partial charge in [-0.3, -0.25) is 9.78 Å². The van der Waals surface area contributed by atoms with Crippen LogP contribution in [-0.2, 0) is 0 Å². The molecule has 0 fully saturated rings. The molecule has 0 aliphatic rings. The number of nitrogens with one attached hydrogen (secondary N) is 3. The molecule has 0 atom stereocenters. The van der Waals surface area contributed by atoms with Gasteiger partial charge in [0.2, 0.25) is 5.95 Å². The number of rotatable bonds is 6. The molecule has 0 aliphatic heterocycles. The average Bonchev–Trinajstić information content (AvgIpc) is 3.41. The Morgan fingerprint density at radius 2 is 2.03 bits per heavy atom. The van der Waals surface area contributed by atoms with E-state index in [0.717, 1.165) is 22.2 Å². The van der Waals surface area contributed by atoms with Gasteiger partial charge in [0.05, 0.1) is 23.8 Å². The van der Waals surface area contributed by atoms with Crippen molar-refractivity contribution >= 4 is 34.1 Å². The van der Waals surface area contributed by atoms with Crippen molar-refractivity contribution in [2.75, 3.05) is 11.9 Å². The number of amides is 1. The number of pyridine rings is 2. The van der Waals surface area contributed by atoms with Gasteiger partial charge in [-0.05, 0) is 43.7 Å². The number of nitrogens with zero attached hydrogens (tertiary/aromatic N) is 5. The molecule has 0 aliphatic carbocycles. The van der Waals surface area contributed by atoms with Gasteiger partial charge >= 0.3 is 0 Å². The van der Waals surface area contributed by atoms with Crippen molar-refractivity contribution in [3.8, 4) is 11.1 Å². The molecule has 0 unspecified atom stereocenters. The van der Waals surface area contributed by atoms with Crippen molar-refractivity contribution < 1.29 is 9.18 Å². The third-order valence-corrected chi connectivity index (χ3v) is 5.12. The number of carbonyl (C=O) groups is 1. The molecule has 0 spiro atoms. The van der Waals surface area contributed by atoms with E-state index in [4.69, 9.17) is 0 Å². The second-order valence-electron chi connectivity index (χ2n) is 8.22.